The Morgan fingerprint density at radius 2 is 1.91 bits per heavy atom. The second kappa shape index (κ2) is 5.83. The van der Waals surface area contributed by atoms with Gasteiger partial charge in [0, 0.05) is 38.7 Å². The SMILES string of the molecule is CNc1nccn2c(-c3ccnc(N4CCCCC4)n3)cnc12. The van der Waals surface area contributed by atoms with Crippen molar-refractivity contribution >= 4 is 17.4 Å². The molecule has 0 amide bonds. The van der Waals surface area contributed by atoms with Crippen LogP contribution in [0, 0.1) is 0 Å². The molecule has 1 fully saturated rings. The van der Waals surface area contributed by atoms with Crippen LogP contribution in [0.5, 0.6) is 0 Å². The fraction of sp³-hybridized carbons (Fsp3) is 0.375. The predicted molar refractivity (Wildman–Crippen MR) is 89.6 cm³/mol. The number of anilines is 2. The van der Waals surface area contributed by atoms with Crippen LogP contribution in [0.3, 0.4) is 0 Å². The van der Waals surface area contributed by atoms with E-state index in [0.29, 0.717) is 0 Å². The van der Waals surface area contributed by atoms with Crippen LogP contribution in [0.15, 0.2) is 30.9 Å². The summed E-state index contributed by atoms with van der Waals surface area (Å²) in [6.07, 6.45) is 11.0. The van der Waals surface area contributed by atoms with E-state index in [1.165, 1.54) is 19.3 Å². The van der Waals surface area contributed by atoms with Gasteiger partial charge in [-0.15, -0.1) is 0 Å². The number of aromatic nitrogens is 5. The molecule has 7 heteroatoms. The van der Waals surface area contributed by atoms with Crippen molar-refractivity contribution in [2.24, 2.45) is 0 Å². The van der Waals surface area contributed by atoms with Crippen LogP contribution in [0.1, 0.15) is 19.3 Å². The van der Waals surface area contributed by atoms with Gasteiger partial charge < -0.3 is 10.2 Å². The van der Waals surface area contributed by atoms with Crippen LogP contribution in [-0.2, 0) is 0 Å². The first kappa shape index (κ1) is 13.9. The molecule has 1 aliphatic heterocycles. The van der Waals surface area contributed by atoms with E-state index < -0.39 is 0 Å². The highest BCUT2D eigenvalue weighted by atomic mass is 15.3. The maximum atomic E-state index is 4.76. The number of nitrogens with one attached hydrogen (secondary N) is 1. The van der Waals surface area contributed by atoms with Gasteiger partial charge >= 0.3 is 0 Å². The van der Waals surface area contributed by atoms with Gasteiger partial charge in [0.1, 0.15) is 0 Å². The predicted octanol–water partition coefficient (Wildman–Crippen LogP) is 2.22. The minimum Gasteiger partial charge on any atom is -0.370 e. The van der Waals surface area contributed by atoms with Gasteiger partial charge in [-0.1, -0.05) is 0 Å². The van der Waals surface area contributed by atoms with Crippen molar-refractivity contribution in [2.45, 2.75) is 19.3 Å². The molecule has 1 saturated heterocycles. The molecule has 3 aromatic rings. The summed E-state index contributed by atoms with van der Waals surface area (Å²) in [5.41, 5.74) is 2.61. The van der Waals surface area contributed by atoms with Crippen LogP contribution in [-0.4, -0.2) is 44.5 Å². The van der Waals surface area contributed by atoms with Gasteiger partial charge in [0.05, 0.1) is 17.6 Å². The average Bonchev–Trinajstić information content (AvgIpc) is 3.07. The average molecular weight is 309 g/mol. The molecule has 7 nitrogen and oxygen atoms in total. The van der Waals surface area contributed by atoms with Crippen LogP contribution in [0.2, 0.25) is 0 Å². The number of nitrogens with zero attached hydrogens (tertiary/aromatic N) is 6. The second-order valence-electron chi connectivity index (χ2n) is 5.65. The first-order chi connectivity index (χ1) is 11.4. The highest BCUT2D eigenvalue weighted by Gasteiger charge is 2.16. The molecule has 0 bridgehead atoms. The highest BCUT2D eigenvalue weighted by molar-refractivity contribution is 5.69. The van der Waals surface area contributed by atoms with Gasteiger partial charge in [0.25, 0.3) is 0 Å². The van der Waals surface area contributed by atoms with Crippen molar-refractivity contribution in [1.29, 1.82) is 0 Å². The van der Waals surface area contributed by atoms with Gasteiger partial charge in [-0.25, -0.2) is 19.9 Å². The molecule has 0 radical (unpaired) electrons. The van der Waals surface area contributed by atoms with Crippen LogP contribution in [0.4, 0.5) is 11.8 Å². The van der Waals surface area contributed by atoms with Gasteiger partial charge in [-0.05, 0) is 25.3 Å². The van der Waals surface area contributed by atoms with Crippen LogP contribution >= 0.6 is 0 Å². The number of rotatable bonds is 3. The molecule has 1 aliphatic rings. The molecule has 1 N–H and O–H groups in total. The molecule has 118 valence electrons. The first-order valence-corrected chi connectivity index (χ1v) is 7.95. The highest BCUT2D eigenvalue weighted by Crippen LogP contribution is 2.23. The fourth-order valence-corrected chi connectivity index (χ4v) is 3.02. The van der Waals surface area contributed by atoms with E-state index in [0.717, 1.165) is 41.9 Å². The van der Waals surface area contributed by atoms with E-state index in [1.54, 1.807) is 6.20 Å². The van der Waals surface area contributed by atoms with E-state index in [-0.39, 0.29) is 0 Å². The lowest BCUT2D eigenvalue weighted by atomic mass is 10.1. The normalized spacial score (nSPS) is 15.1. The van der Waals surface area contributed by atoms with Crippen molar-refractivity contribution in [1.82, 2.24) is 24.3 Å². The number of imidazole rings is 1. The molecule has 4 heterocycles. The first-order valence-electron chi connectivity index (χ1n) is 7.95. The third-order valence-electron chi connectivity index (χ3n) is 4.21. The molecule has 23 heavy (non-hydrogen) atoms. The summed E-state index contributed by atoms with van der Waals surface area (Å²) in [5, 5.41) is 3.06. The van der Waals surface area contributed by atoms with Gasteiger partial charge in [0.2, 0.25) is 5.95 Å². The van der Waals surface area contributed by atoms with Crippen molar-refractivity contribution in [3.8, 4) is 11.4 Å². The summed E-state index contributed by atoms with van der Waals surface area (Å²) in [4.78, 5) is 20.2. The third kappa shape index (κ3) is 2.48. The van der Waals surface area contributed by atoms with Crippen molar-refractivity contribution < 1.29 is 0 Å². The van der Waals surface area contributed by atoms with Crippen LogP contribution in [0.25, 0.3) is 17.0 Å². The Morgan fingerprint density at radius 3 is 2.74 bits per heavy atom. The molecule has 0 aromatic carbocycles. The van der Waals surface area contributed by atoms with Gasteiger partial charge in [0.15, 0.2) is 11.5 Å². The van der Waals surface area contributed by atoms with Gasteiger partial charge in [-0.3, -0.25) is 4.40 Å². The quantitative estimate of drug-likeness (QED) is 0.800. The Balaban J connectivity index is 1.76. The lowest BCUT2D eigenvalue weighted by Crippen LogP contribution is -2.31. The Labute approximate surface area is 134 Å². The molecule has 4 rings (SSSR count). The summed E-state index contributed by atoms with van der Waals surface area (Å²) in [6.45, 7) is 2.06. The van der Waals surface area contributed by atoms with Crippen molar-refractivity contribution in [3.63, 3.8) is 0 Å². The fourth-order valence-electron chi connectivity index (χ4n) is 3.02. The number of hydrogen-bond donors (Lipinski definition) is 1. The number of fused-ring (bicyclic) bond motifs is 1. The van der Waals surface area contributed by atoms with Gasteiger partial charge in [-0.2, -0.15) is 0 Å². The van der Waals surface area contributed by atoms with E-state index in [1.807, 2.05) is 36.1 Å². The standard InChI is InChI=1S/C16H19N7/c1-17-14-15-20-11-13(23(15)10-7-18-14)12-5-6-19-16(21-12)22-8-3-2-4-9-22/h5-7,10-11H,2-4,8-9H2,1H3,(H,17,18). The molecule has 0 atom stereocenters. The maximum absolute atomic E-state index is 4.76. The smallest absolute Gasteiger partial charge is 0.225 e. The maximum Gasteiger partial charge on any atom is 0.225 e. The summed E-state index contributed by atoms with van der Waals surface area (Å²) < 4.78 is 2.00. The molecule has 0 saturated carbocycles. The van der Waals surface area contributed by atoms with Crippen molar-refractivity contribution in [2.75, 3.05) is 30.4 Å². The Hall–Kier alpha value is -2.70. The number of hydrogen-bond acceptors (Lipinski definition) is 6. The Bertz CT molecular complexity index is 820. The Kier molecular flexibility index (Phi) is 3.53. The number of piperidine rings is 1. The largest absolute Gasteiger partial charge is 0.370 e. The van der Waals surface area contributed by atoms with E-state index >= 15 is 0 Å². The molecule has 0 spiro atoms. The summed E-state index contributed by atoms with van der Waals surface area (Å²) in [7, 11) is 1.84. The monoisotopic (exact) mass is 309 g/mol. The molecular weight excluding hydrogens is 290 g/mol. The zero-order valence-electron chi connectivity index (χ0n) is 13.1. The molecule has 0 unspecified atom stereocenters. The summed E-state index contributed by atoms with van der Waals surface area (Å²) in [6, 6.07) is 1.93. The minimum absolute atomic E-state index is 0.754. The molecule has 0 aliphatic carbocycles. The third-order valence-corrected chi connectivity index (χ3v) is 4.21. The lowest BCUT2D eigenvalue weighted by molar-refractivity contribution is 0.568. The summed E-state index contributed by atoms with van der Waals surface area (Å²) >= 11 is 0. The zero-order valence-corrected chi connectivity index (χ0v) is 13.1. The summed E-state index contributed by atoms with van der Waals surface area (Å²) in [5.74, 6) is 1.56. The zero-order chi connectivity index (χ0) is 15.6. The van der Waals surface area contributed by atoms with E-state index in [2.05, 4.69) is 25.2 Å². The van der Waals surface area contributed by atoms with Crippen molar-refractivity contribution in [3.05, 3.63) is 30.9 Å². The van der Waals surface area contributed by atoms with Crippen LogP contribution < -0.4 is 10.2 Å². The van der Waals surface area contributed by atoms with E-state index in [9.17, 15) is 0 Å². The molecule has 3 aromatic heterocycles. The lowest BCUT2D eigenvalue weighted by Gasteiger charge is -2.26. The van der Waals surface area contributed by atoms with E-state index in [4.69, 9.17) is 4.98 Å². The topological polar surface area (TPSA) is 71.2 Å². The molecular formula is C16H19N7. The second-order valence-corrected chi connectivity index (χ2v) is 5.65. The Morgan fingerprint density at radius 1 is 1.04 bits per heavy atom. The minimum atomic E-state index is 0.754.